The van der Waals surface area contributed by atoms with Crippen molar-refractivity contribution >= 4 is 22.9 Å². The Balaban J connectivity index is 1.83. The molecule has 0 saturated heterocycles. The highest BCUT2D eigenvalue weighted by Crippen LogP contribution is 2.35. The average molecular weight is 294 g/mol. The van der Waals surface area contributed by atoms with Crippen LogP contribution in [0, 0.1) is 0 Å². The fourth-order valence-electron chi connectivity index (χ4n) is 2.66. The molecule has 2 heterocycles. The van der Waals surface area contributed by atoms with Crippen molar-refractivity contribution in [2.24, 2.45) is 0 Å². The average Bonchev–Trinajstić information content (AvgIpc) is 2.86. The molecule has 2 nitrogen and oxygen atoms in total. The van der Waals surface area contributed by atoms with Gasteiger partial charge in [0.1, 0.15) is 5.75 Å². The zero-order valence-electron chi connectivity index (χ0n) is 10.8. The lowest BCUT2D eigenvalue weighted by atomic mass is 10.0. The van der Waals surface area contributed by atoms with Gasteiger partial charge in [-0.2, -0.15) is 0 Å². The number of phenols is 1. The number of rotatable bonds is 2. The van der Waals surface area contributed by atoms with Gasteiger partial charge in [-0.15, -0.1) is 11.3 Å². The van der Waals surface area contributed by atoms with Crippen molar-refractivity contribution < 1.29 is 5.11 Å². The quantitative estimate of drug-likeness (QED) is 0.896. The minimum Gasteiger partial charge on any atom is -0.508 e. The van der Waals surface area contributed by atoms with Crippen LogP contribution >= 0.6 is 22.9 Å². The van der Waals surface area contributed by atoms with E-state index in [-0.39, 0.29) is 0 Å². The van der Waals surface area contributed by atoms with Gasteiger partial charge in [-0.05, 0) is 48.6 Å². The molecule has 19 heavy (non-hydrogen) atoms. The van der Waals surface area contributed by atoms with Gasteiger partial charge in [0.15, 0.2) is 0 Å². The number of nitrogens with zero attached hydrogens (tertiary/aromatic N) is 1. The number of thiophene rings is 1. The van der Waals surface area contributed by atoms with Crippen LogP contribution in [0.5, 0.6) is 5.75 Å². The second-order valence-electron chi connectivity index (χ2n) is 4.98. The topological polar surface area (TPSA) is 23.5 Å². The van der Waals surface area contributed by atoms with E-state index in [1.807, 2.05) is 17.4 Å². The second-order valence-corrected chi connectivity index (χ2v) is 6.36. The van der Waals surface area contributed by atoms with E-state index in [0.717, 1.165) is 25.1 Å². The normalized spacial score (nSPS) is 19.4. The van der Waals surface area contributed by atoms with Gasteiger partial charge in [0.25, 0.3) is 0 Å². The van der Waals surface area contributed by atoms with E-state index in [2.05, 4.69) is 23.3 Å². The van der Waals surface area contributed by atoms with Crippen molar-refractivity contribution in [3.63, 3.8) is 0 Å². The lowest BCUT2D eigenvalue weighted by Gasteiger charge is -2.33. The smallest absolute Gasteiger partial charge is 0.120 e. The van der Waals surface area contributed by atoms with Crippen molar-refractivity contribution in [2.45, 2.75) is 25.9 Å². The number of aromatic hydroxyl groups is 1. The number of halogens is 1. The molecule has 0 saturated carbocycles. The second kappa shape index (κ2) is 5.16. The fourth-order valence-corrected chi connectivity index (χ4v) is 3.90. The molecule has 4 heteroatoms. The first kappa shape index (κ1) is 13.0. The predicted molar refractivity (Wildman–Crippen MR) is 80.0 cm³/mol. The molecule has 0 spiro atoms. The Labute approximate surface area is 122 Å². The third kappa shape index (κ3) is 2.50. The Kier molecular flexibility index (Phi) is 3.52. The molecule has 0 bridgehead atoms. The minimum absolute atomic E-state index is 0.327. The van der Waals surface area contributed by atoms with Gasteiger partial charge < -0.3 is 5.11 Å². The molecule has 1 aromatic carbocycles. The Hall–Kier alpha value is -1.03. The molecule has 0 fully saturated rings. The van der Waals surface area contributed by atoms with Crippen molar-refractivity contribution in [2.75, 3.05) is 6.54 Å². The summed E-state index contributed by atoms with van der Waals surface area (Å²) in [6.07, 6.45) is 1.09. The summed E-state index contributed by atoms with van der Waals surface area (Å²) >= 11 is 7.83. The van der Waals surface area contributed by atoms with Gasteiger partial charge in [0.2, 0.25) is 0 Å². The standard InChI is InChI=1S/C15H16ClNOS/c1-10-15-11(5-7-19-15)4-6-17(10)9-12-8-13(16)2-3-14(12)18/h2-3,5,7-8,10,18H,4,6,9H2,1H3. The molecule has 0 amide bonds. The van der Waals surface area contributed by atoms with Crippen LogP contribution in [0.15, 0.2) is 29.6 Å². The van der Waals surface area contributed by atoms with Crippen LogP contribution in [0.25, 0.3) is 0 Å². The van der Waals surface area contributed by atoms with Gasteiger partial charge >= 0.3 is 0 Å². The number of benzene rings is 1. The zero-order valence-corrected chi connectivity index (χ0v) is 12.3. The molecule has 1 aliphatic rings. The van der Waals surface area contributed by atoms with Gasteiger partial charge in [-0.25, -0.2) is 0 Å². The van der Waals surface area contributed by atoms with Crippen LogP contribution in [-0.4, -0.2) is 16.6 Å². The molecular formula is C15H16ClNOS. The lowest BCUT2D eigenvalue weighted by Crippen LogP contribution is -2.32. The van der Waals surface area contributed by atoms with Gasteiger partial charge in [0.05, 0.1) is 0 Å². The molecule has 3 rings (SSSR count). The summed E-state index contributed by atoms with van der Waals surface area (Å²) in [5.74, 6) is 0.327. The van der Waals surface area contributed by atoms with Crippen molar-refractivity contribution in [1.82, 2.24) is 4.90 Å². The number of hydrogen-bond donors (Lipinski definition) is 1. The Morgan fingerprint density at radius 3 is 3.11 bits per heavy atom. The summed E-state index contributed by atoms with van der Waals surface area (Å²) in [6.45, 7) is 4.00. The van der Waals surface area contributed by atoms with E-state index in [4.69, 9.17) is 11.6 Å². The summed E-state index contributed by atoms with van der Waals surface area (Å²) in [5, 5.41) is 12.8. The summed E-state index contributed by atoms with van der Waals surface area (Å²) in [6, 6.07) is 7.88. The summed E-state index contributed by atoms with van der Waals surface area (Å²) in [7, 11) is 0. The maximum Gasteiger partial charge on any atom is 0.120 e. The minimum atomic E-state index is 0.327. The third-order valence-electron chi connectivity index (χ3n) is 3.79. The molecule has 0 radical (unpaired) electrons. The summed E-state index contributed by atoms with van der Waals surface area (Å²) in [5.41, 5.74) is 2.38. The number of hydrogen-bond acceptors (Lipinski definition) is 3. The zero-order chi connectivity index (χ0) is 13.4. The van der Waals surface area contributed by atoms with Gasteiger partial charge in [-0.1, -0.05) is 11.6 Å². The van der Waals surface area contributed by atoms with Crippen LogP contribution in [0.2, 0.25) is 5.02 Å². The first-order valence-corrected chi connectivity index (χ1v) is 7.68. The van der Waals surface area contributed by atoms with Gasteiger partial charge in [-0.3, -0.25) is 4.90 Å². The van der Waals surface area contributed by atoms with E-state index in [0.29, 0.717) is 16.8 Å². The van der Waals surface area contributed by atoms with E-state index in [9.17, 15) is 5.11 Å². The predicted octanol–water partition coefficient (Wildman–Crippen LogP) is 4.23. The fraction of sp³-hybridized carbons (Fsp3) is 0.333. The van der Waals surface area contributed by atoms with Crippen molar-refractivity contribution in [3.05, 3.63) is 50.7 Å². The molecular weight excluding hydrogens is 278 g/mol. The molecule has 0 aliphatic carbocycles. The SMILES string of the molecule is CC1c2sccc2CCN1Cc1cc(Cl)ccc1O. The Morgan fingerprint density at radius 1 is 1.42 bits per heavy atom. The molecule has 100 valence electrons. The number of fused-ring (bicyclic) bond motifs is 1. The van der Waals surface area contributed by atoms with E-state index in [1.54, 1.807) is 12.1 Å². The van der Waals surface area contributed by atoms with Crippen molar-refractivity contribution in [3.8, 4) is 5.75 Å². The Morgan fingerprint density at radius 2 is 2.26 bits per heavy atom. The maximum absolute atomic E-state index is 9.92. The highest BCUT2D eigenvalue weighted by Gasteiger charge is 2.25. The van der Waals surface area contributed by atoms with Crippen LogP contribution in [0.3, 0.4) is 0 Å². The van der Waals surface area contributed by atoms with Crippen LogP contribution < -0.4 is 0 Å². The molecule has 2 aromatic rings. The first-order valence-electron chi connectivity index (χ1n) is 6.43. The largest absolute Gasteiger partial charge is 0.508 e. The monoisotopic (exact) mass is 293 g/mol. The number of phenolic OH excluding ortho intramolecular Hbond substituents is 1. The molecule has 1 N–H and O–H groups in total. The lowest BCUT2D eigenvalue weighted by molar-refractivity contribution is 0.191. The highest BCUT2D eigenvalue weighted by molar-refractivity contribution is 7.10. The Bertz CT molecular complexity index is 596. The van der Waals surface area contributed by atoms with E-state index in [1.165, 1.54) is 10.4 Å². The maximum atomic E-state index is 9.92. The van der Waals surface area contributed by atoms with E-state index >= 15 is 0 Å². The van der Waals surface area contributed by atoms with Crippen LogP contribution in [0.4, 0.5) is 0 Å². The summed E-state index contributed by atoms with van der Waals surface area (Å²) < 4.78 is 0. The van der Waals surface area contributed by atoms with Crippen LogP contribution in [-0.2, 0) is 13.0 Å². The molecule has 1 aliphatic heterocycles. The first-order chi connectivity index (χ1) is 9.15. The third-order valence-corrected chi connectivity index (χ3v) is 5.16. The van der Waals surface area contributed by atoms with Gasteiger partial charge in [0, 0.05) is 34.6 Å². The molecule has 1 unspecified atom stereocenters. The van der Waals surface area contributed by atoms with Crippen LogP contribution in [0.1, 0.15) is 29.0 Å². The summed E-state index contributed by atoms with van der Waals surface area (Å²) in [4.78, 5) is 3.84. The highest BCUT2D eigenvalue weighted by atomic mass is 35.5. The molecule has 1 atom stereocenters. The van der Waals surface area contributed by atoms with E-state index < -0.39 is 0 Å². The molecule has 1 aromatic heterocycles. The van der Waals surface area contributed by atoms with Crippen molar-refractivity contribution in [1.29, 1.82) is 0 Å².